The van der Waals surface area contributed by atoms with Crippen molar-refractivity contribution in [1.29, 1.82) is 10.5 Å². The quantitative estimate of drug-likeness (QED) is 0.183. The molecule has 0 saturated heterocycles. The van der Waals surface area contributed by atoms with Crippen molar-refractivity contribution in [2.75, 3.05) is 0 Å². The molecule has 0 bridgehead atoms. The van der Waals surface area contributed by atoms with E-state index in [1.165, 1.54) is 10.8 Å². The maximum atomic E-state index is 10.9. The van der Waals surface area contributed by atoms with E-state index in [0.29, 0.717) is 16.8 Å². The van der Waals surface area contributed by atoms with Crippen molar-refractivity contribution >= 4 is 87.4 Å². The highest BCUT2D eigenvalue weighted by Gasteiger charge is 2.23. The third-order valence-electron chi connectivity index (χ3n) is 11.5. The van der Waals surface area contributed by atoms with Crippen molar-refractivity contribution < 1.29 is 4.42 Å². The summed E-state index contributed by atoms with van der Waals surface area (Å²) in [4.78, 5) is 0. The summed E-state index contributed by atoms with van der Waals surface area (Å²) in [5, 5.41) is 30.5. The molecule has 258 valence electrons. The smallest absolute Gasteiger partial charge is 0.145 e. The minimum absolute atomic E-state index is 0.406. The van der Waals surface area contributed by atoms with Crippen LogP contribution in [-0.4, -0.2) is 13.7 Å². The zero-order valence-electron chi connectivity index (χ0n) is 29.7. The number of aromatic nitrogens is 3. The number of para-hydroxylation sites is 5. The van der Waals surface area contributed by atoms with Gasteiger partial charge in [-0.2, -0.15) is 10.5 Å². The first-order chi connectivity index (χ1) is 27.7. The van der Waals surface area contributed by atoms with Gasteiger partial charge in [0.1, 0.15) is 23.3 Å². The van der Waals surface area contributed by atoms with Crippen molar-refractivity contribution in [3.8, 4) is 29.2 Å². The molecule has 6 nitrogen and oxygen atoms in total. The second kappa shape index (κ2) is 11.2. The second-order valence-corrected chi connectivity index (χ2v) is 14.3. The van der Waals surface area contributed by atoms with Crippen LogP contribution in [0.5, 0.6) is 0 Å². The zero-order valence-corrected chi connectivity index (χ0v) is 29.7. The van der Waals surface area contributed by atoms with Gasteiger partial charge in [-0.3, -0.25) is 0 Å². The lowest BCUT2D eigenvalue weighted by Crippen LogP contribution is -2.04. The van der Waals surface area contributed by atoms with E-state index in [-0.39, 0.29) is 0 Å². The average Bonchev–Trinajstić information content (AvgIpc) is 3.99. The van der Waals surface area contributed by atoms with Crippen molar-refractivity contribution in [3.05, 3.63) is 175 Å². The van der Waals surface area contributed by atoms with Gasteiger partial charge in [-0.05, 0) is 72.8 Å². The molecule has 56 heavy (non-hydrogen) atoms. The van der Waals surface area contributed by atoms with E-state index >= 15 is 0 Å². The monoisotopic (exact) mass is 713 g/mol. The molecule has 0 fully saturated rings. The van der Waals surface area contributed by atoms with Crippen LogP contribution in [0.1, 0.15) is 11.1 Å². The molecular formula is C50H27N5O. The van der Waals surface area contributed by atoms with Crippen LogP contribution in [0, 0.1) is 22.7 Å². The van der Waals surface area contributed by atoms with E-state index in [0.717, 1.165) is 88.0 Å². The van der Waals surface area contributed by atoms with Crippen LogP contribution in [0.4, 0.5) is 0 Å². The predicted molar refractivity (Wildman–Crippen MR) is 226 cm³/mol. The Hall–Kier alpha value is -8.06. The molecule has 12 aromatic rings. The third kappa shape index (κ3) is 3.97. The van der Waals surface area contributed by atoms with E-state index < -0.39 is 0 Å². The van der Waals surface area contributed by atoms with Gasteiger partial charge in [-0.25, -0.2) is 0 Å². The Morgan fingerprint density at radius 2 is 0.857 bits per heavy atom. The van der Waals surface area contributed by atoms with Gasteiger partial charge >= 0.3 is 0 Å². The molecule has 12 rings (SSSR count). The number of fused-ring (bicyclic) bond motifs is 13. The Labute approximate surface area is 319 Å². The molecule has 0 N–H and O–H groups in total. The largest absolute Gasteiger partial charge is 0.455 e. The van der Waals surface area contributed by atoms with Crippen LogP contribution < -0.4 is 0 Å². The average molecular weight is 714 g/mol. The van der Waals surface area contributed by atoms with Gasteiger partial charge in [0.05, 0.1) is 55.3 Å². The van der Waals surface area contributed by atoms with Gasteiger partial charge in [0, 0.05) is 49.1 Å². The number of rotatable bonds is 3. The molecule has 4 heterocycles. The third-order valence-corrected chi connectivity index (χ3v) is 11.5. The Morgan fingerprint density at radius 1 is 0.375 bits per heavy atom. The van der Waals surface area contributed by atoms with Crippen LogP contribution >= 0.6 is 0 Å². The maximum absolute atomic E-state index is 10.9. The van der Waals surface area contributed by atoms with E-state index in [4.69, 9.17) is 4.42 Å². The number of hydrogen-bond acceptors (Lipinski definition) is 3. The fourth-order valence-electron chi connectivity index (χ4n) is 9.21. The van der Waals surface area contributed by atoms with Crippen molar-refractivity contribution in [3.63, 3.8) is 0 Å². The molecule has 0 aliphatic heterocycles. The summed E-state index contributed by atoms with van der Waals surface area (Å²) < 4.78 is 13.1. The Kier molecular flexibility index (Phi) is 6.10. The van der Waals surface area contributed by atoms with Gasteiger partial charge < -0.3 is 18.1 Å². The van der Waals surface area contributed by atoms with Gasteiger partial charge in [-0.1, -0.05) is 91.0 Å². The summed E-state index contributed by atoms with van der Waals surface area (Å²) >= 11 is 0. The SMILES string of the molecule is N#Cc1cc(-n2c3ccccc3c3c4oc5ccccc5c4ccc32)cc(C#N)c1-n1c2ccccc2c2cc(-n3c4ccccc4c4ccccc43)ccc21. The highest BCUT2D eigenvalue weighted by molar-refractivity contribution is 6.24. The van der Waals surface area contributed by atoms with E-state index in [1.807, 2.05) is 54.6 Å². The highest BCUT2D eigenvalue weighted by Crippen LogP contribution is 2.42. The first-order valence-corrected chi connectivity index (χ1v) is 18.6. The van der Waals surface area contributed by atoms with Crippen LogP contribution in [-0.2, 0) is 0 Å². The molecule has 0 saturated carbocycles. The van der Waals surface area contributed by atoms with E-state index in [1.54, 1.807) is 0 Å². The second-order valence-electron chi connectivity index (χ2n) is 14.3. The molecule has 6 heteroatoms. The normalized spacial score (nSPS) is 11.9. The molecule has 0 atom stereocenters. The van der Waals surface area contributed by atoms with Gasteiger partial charge in [0.25, 0.3) is 0 Å². The van der Waals surface area contributed by atoms with Gasteiger partial charge in [0.2, 0.25) is 0 Å². The zero-order chi connectivity index (χ0) is 37.1. The molecule has 0 spiro atoms. The lowest BCUT2D eigenvalue weighted by atomic mass is 10.1. The molecule has 8 aromatic carbocycles. The number of nitriles is 2. The molecule has 0 aliphatic rings. The van der Waals surface area contributed by atoms with Crippen LogP contribution in [0.15, 0.2) is 168 Å². The minimum atomic E-state index is 0.406. The molecule has 0 aliphatic carbocycles. The fraction of sp³-hybridized carbons (Fsp3) is 0. The highest BCUT2D eigenvalue weighted by atomic mass is 16.3. The molecule has 0 unspecified atom stereocenters. The van der Waals surface area contributed by atoms with Crippen LogP contribution in [0.3, 0.4) is 0 Å². The predicted octanol–water partition coefficient (Wildman–Crippen LogP) is 12.6. The summed E-state index contributed by atoms with van der Waals surface area (Å²) in [5.74, 6) is 0. The number of benzene rings is 8. The molecule has 0 radical (unpaired) electrons. The maximum Gasteiger partial charge on any atom is 0.145 e. The Morgan fingerprint density at radius 3 is 1.50 bits per heavy atom. The summed E-state index contributed by atoms with van der Waals surface area (Å²) in [6.07, 6.45) is 0. The van der Waals surface area contributed by atoms with Crippen molar-refractivity contribution in [2.45, 2.75) is 0 Å². The standard InChI is InChI=1S/C50H27N5O/c51-28-30-25-33(54-44-19-9-4-15-39(44)48-46(54)24-22-38-37-14-5-10-20-47(37)56-50(38)48)26-31(29-52)49(30)55-43-18-8-3-13-36(43)40-27-32(21-23-45(40)55)53-41-16-6-1-11-34(41)35-12-2-7-17-42(35)53/h1-27H. The summed E-state index contributed by atoms with van der Waals surface area (Å²) in [6, 6.07) is 61.1. The van der Waals surface area contributed by atoms with E-state index in [2.05, 4.69) is 135 Å². The number of furan rings is 1. The molecule has 4 aromatic heterocycles. The van der Waals surface area contributed by atoms with Crippen LogP contribution in [0.25, 0.3) is 104 Å². The van der Waals surface area contributed by atoms with Gasteiger partial charge in [0.15, 0.2) is 0 Å². The molecular weight excluding hydrogens is 687 g/mol. The number of hydrogen-bond donors (Lipinski definition) is 0. The Bertz CT molecular complexity index is 3660. The summed E-state index contributed by atoms with van der Waals surface area (Å²) in [6.45, 7) is 0. The minimum Gasteiger partial charge on any atom is -0.455 e. The lowest BCUT2D eigenvalue weighted by Gasteiger charge is -2.16. The fourth-order valence-corrected chi connectivity index (χ4v) is 9.21. The van der Waals surface area contributed by atoms with E-state index in [9.17, 15) is 10.5 Å². The number of nitrogens with zero attached hydrogens (tertiary/aromatic N) is 5. The first kappa shape index (κ1) is 30.4. The summed E-state index contributed by atoms with van der Waals surface area (Å²) in [7, 11) is 0. The molecule has 0 amide bonds. The topological polar surface area (TPSA) is 75.5 Å². The first-order valence-electron chi connectivity index (χ1n) is 18.6. The summed E-state index contributed by atoms with van der Waals surface area (Å²) in [5.41, 5.74) is 10.8. The Balaban J connectivity index is 1.11. The van der Waals surface area contributed by atoms with Crippen LogP contribution in [0.2, 0.25) is 0 Å². The van der Waals surface area contributed by atoms with Gasteiger partial charge in [-0.15, -0.1) is 0 Å². The van der Waals surface area contributed by atoms with Crippen molar-refractivity contribution in [1.82, 2.24) is 13.7 Å². The lowest BCUT2D eigenvalue weighted by molar-refractivity contribution is 0.673. The van der Waals surface area contributed by atoms with Crippen molar-refractivity contribution in [2.24, 2.45) is 0 Å².